The maximum atomic E-state index is 10.2. The molecule has 0 spiro atoms. The van der Waals surface area contributed by atoms with E-state index in [1.54, 1.807) is 23.1 Å². The lowest BCUT2D eigenvalue weighted by atomic mass is 10.1. The Labute approximate surface area is 151 Å². The molecule has 3 aromatic rings. The van der Waals surface area contributed by atoms with E-state index in [1.165, 1.54) is 11.1 Å². The van der Waals surface area contributed by atoms with Crippen LogP contribution in [0.3, 0.4) is 0 Å². The number of nitrogens with zero attached hydrogens (tertiary/aromatic N) is 1. The summed E-state index contributed by atoms with van der Waals surface area (Å²) in [5, 5.41) is 13.4. The lowest BCUT2D eigenvalue weighted by molar-refractivity contribution is 0.204. The summed E-state index contributed by atoms with van der Waals surface area (Å²) >= 11 is 3.40. The number of thiazole rings is 1. The van der Waals surface area contributed by atoms with Crippen molar-refractivity contribution in [3.05, 3.63) is 76.8 Å². The first-order chi connectivity index (χ1) is 11.8. The van der Waals surface area contributed by atoms with Crippen LogP contribution in [-0.2, 0) is 12.2 Å². The van der Waals surface area contributed by atoms with Crippen molar-refractivity contribution >= 4 is 23.1 Å². The third kappa shape index (κ3) is 4.47. The molecule has 1 aromatic heterocycles. The average Bonchev–Trinajstić information content (AvgIpc) is 3.11. The third-order valence-electron chi connectivity index (χ3n) is 3.87. The molecule has 0 fully saturated rings. The van der Waals surface area contributed by atoms with Crippen molar-refractivity contribution in [1.29, 1.82) is 0 Å². The summed E-state index contributed by atoms with van der Waals surface area (Å²) in [5.41, 5.74) is 4.58. The van der Waals surface area contributed by atoms with Crippen LogP contribution in [0.15, 0.2) is 60.0 Å². The molecule has 124 valence electrons. The van der Waals surface area contributed by atoms with E-state index in [0.29, 0.717) is 5.75 Å². The SMILES string of the molecule is CCc1ccc(-c2nc(CSCC(O)c3ccccc3)cs2)cc1. The summed E-state index contributed by atoms with van der Waals surface area (Å²) in [6, 6.07) is 18.4. The van der Waals surface area contributed by atoms with Gasteiger partial charge in [-0.05, 0) is 17.5 Å². The van der Waals surface area contributed by atoms with Gasteiger partial charge in [-0.3, -0.25) is 0 Å². The van der Waals surface area contributed by atoms with Gasteiger partial charge in [-0.2, -0.15) is 11.8 Å². The zero-order valence-electron chi connectivity index (χ0n) is 13.7. The number of thioether (sulfide) groups is 1. The van der Waals surface area contributed by atoms with E-state index in [4.69, 9.17) is 4.98 Å². The van der Waals surface area contributed by atoms with Crippen LogP contribution in [0.5, 0.6) is 0 Å². The predicted molar refractivity (Wildman–Crippen MR) is 104 cm³/mol. The number of rotatable bonds is 7. The van der Waals surface area contributed by atoms with Gasteiger partial charge in [0.15, 0.2) is 0 Å². The van der Waals surface area contributed by atoms with E-state index in [9.17, 15) is 5.11 Å². The van der Waals surface area contributed by atoms with Crippen LogP contribution in [0.2, 0.25) is 0 Å². The smallest absolute Gasteiger partial charge is 0.123 e. The summed E-state index contributed by atoms with van der Waals surface area (Å²) in [6.45, 7) is 2.16. The summed E-state index contributed by atoms with van der Waals surface area (Å²) < 4.78 is 0. The summed E-state index contributed by atoms with van der Waals surface area (Å²) in [7, 11) is 0. The largest absolute Gasteiger partial charge is 0.388 e. The molecule has 1 unspecified atom stereocenters. The molecular formula is C20H21NOS2. The highest BCUT2D eigenvalue weighted by Gasteiger charge is 2.09. The first-order valence-electron chi connectivity index (χ1n) is 8.10. The fourth-order valence-corrected chi connectivity index (χ4v) is 4.26. The van der Waals surface area contributed by atoms with E-state index < -0.39 is 6.10 Å². The van der Waals surface area contributed by atoms with E-state index in [0.717, 1.165) is 28.4 Å². The topological polar surface area (TPSA) is 33.1 Å². The fraction of sp³-hybridized carbons (Fsp3) is 0.250. The van der Waals surface area contributed by atoms with Gasteiger partial charge in [0.2, 0.25) is 0 Å². The number of aromatic nitrogens is 1. The fourth-order valence-electron chi connectivity index (χ4n) is 2.44. The molecule has 2 aromatic carbocycles. The molecule has 0 aliphatic carbocycles. The van der Waals surface area contributed by atoms with E-state index in [-0.39, 0.29) is 0 Å². The van der Waals surface area contributed by atoms with Gasteiger partial charge in [-0.25, -0.2) is 4.98 Å². The Balaban J connectivity index is 1.54. The number of hydrogen-bond donors (Lipinski definition) is 1. The van der Waals surface area contributed by atoms with E-state index in [1.807, 2.05) is 30.3 Å². The Hall–Kier alpha value is -1.62. The van der Waals surface area contributed by atoms with Gasteiger partial charge in [-0.15, -0.1) is 11.3 Å². The van der Waals surface area contributed by atoms with Crippen LogP contribution in [0, 0.1) is 0 Å². The lowest BCUT2D eigenvalue weighted by Gasteiger charge is -2.09. The van der Waals surface area contributed by atoms with Crippen molar-refractivity contribution in [3.63, 3.8) is 0 Å². The molecule has 2 nitrogen and oxygen atoms in total. The molecule has 0 radical (unpaired) electrons. The number of aliphatic hydroxyl groups is 1. The van der Waals surface area contributed by atoms with Crippen molar-refractivity contribution in [1.82, 2.24) is 4.98 Å². The molecule has 1 heterocycles. The molecule has 0 bridgehead atoms. The van der Waals surface area contributed by atoms with Gasteiger partial charge in [0.05, 0.1) is 11.8 Å². The number of aliphatic hydroxyl groups excluding tert-OH is 1. The second-order valence-corrected chi connectivity index (χ2v) is 7.52. The normalized spacial score (nSPS) is 12.2. The van der Waals surface area contributed by atoms with Crippen LogP contribution in [-0.4, -0.2) is 15.8 Å². The highest BCUT2D eigenvalue weighted by Crippen LogP contribution is 2.27. The molecular weight excluding hydrogens is 334 g/mol. The minimum absolute atomic E-state index is 0.420. The average molecular weight is 356 g/mol. The summed E-state index contributed by atoms with van der Waals surface area (Å²) in [4.78, 5) is 4.72. The second kappa shape index (κ2) is 8.47. The summed E-state index contributed by atoms with van der Waals surface area (Å²) in [5.74, 6) is 1.51. The summed E-state index contributed by atoms with van der Waals surface area (Å²) in [6.07, 6.45) is 0.639. The Morgan fingerprint density at radius 2 is 1.83 bits per heavy atom. The molecule has 3 rings (SSSR count). The van der Waals surface area contributed by atoms with E-state index in [2.05, 4.69) is 36.6 Å². The first kappa shape index (κ1) is 17.2. The third-order valence-corrected chi connectivity index (χ3v) is 5.86. The highest BCUT2D eigenvalue weighted by molar-refractivity contribution is 7.98. The highest BCUT2D eigenvalue weighted by atomic mass is 32.2. The maximum absolute atomic E-state index is 10.2. The zero-order valence-corrected chi connectivity index (χ0v) is 15.3. The minimum Gasteiger partial charge on any atom is -0.388 e. The molecule has 0 saturated heterocycles. The quantitative estimate of drug-likeness (QED) is 0.621. The van der Waals surface area contributed by atoms with Gasteiger partial charge in [0.25, 0.3) is 0 Å². The van der Waals surface area contributed by atoms with Crippen molar-refractivity contribution in [2.45, 2.75) is 25.2 Å². The predicted octanol–water partition coefficient (Wildman–Crippen LogP) is 5.34. The Morgan fingerprint density at radius 1 is 1.08 bits per heavy atom. The Kier molecular flexibility index (Phi) is 6.07. The van der Waals surface area contributed by atoms with Crippen molar-refractivity contribution < 1.29 is 5.11 Å². The number of aryl methyl sites for hydroxylation is 1. The molecule has 0 saturated carbocycles. The standard InChI is InChI=1S/C20H21NOS2/c1-2-15-8-10-17(11-9-15)20-21-18(13-24-20)12-23-14-19(22)16-6-4-3-5-7-16/h3-11,13,19,22H,2,12,14H2,1H3. The van der Waals surface area contributed by atoms with Crippen molar-refractivity contribution in [3.8, 4) is 10.6 Å². The Morgan fingerprint density at radius 3 is 2.54 bits per heavy atom. The van der Waals surface area contributed by atoms with Crippen LogP contribution in [0.4, 0.5) is 0 Å². The Bertz CT molecular complexity index is 753. The molecule has 4 heteroatoms. The van der Waals surface area contributed by atoms with Gasteiger partial charge < -0.3 is 5.11 Å². The van der Waals surface area contributed by atoms with Crippen LogP contribution >= 0.6 is 23.1 Å². The second-order valence-electron chi connectivity index (χ2n) is 5.64. The van der Waals surface area contributed by atoms with Gasteiger partial charge in [0.1, 0.15) is 5.01 Å². The van der Waals surface area contributed by atoms with Crippen molar-refractivity contribution in [2.24, 2.45) is 0 Å². The number of benzene rings is 2. The van der Waals surface area contributed by atoms with E-state index >= 15 is 0 Å². The van der Waals surface area contributed by atoms with Crippen LogP contribution in [0.1, 0.15) is 29.8 Å². The zero-order chi connectivity index (χ0) is 16.8. The maximum Gasteiger partial charge on any atom is 0.123 e. The number of hydrogen-bond acceptors (Lipinski definition) is 4. The first-order valence-corrected chi connectivity index (χ1v) is 10.1. The van der Waals surface area contributed by atoms with Gasteiger partial charge in [-0.1, -0.05) is 61.5 Å². The molecule has 1 N–H and O–H groups in total. The molecule has 1 atom stereocenters. The van der Waals surface area contributed by atoms with Gasteiger partial charge >= 0.3 is 0 Å². The van der Waals surface area contributed by atoms with Gasteiger partial charge in [0, 0.05) is 22.4 Å². The van der Waals surface area contributed by atoms with Crippen molar-refractivity contribution in [2.75, 3.05) is 5.75 Å². The molecule has 0 aliphatic heterocycles. The molecule has 24 heavy (non-hydrogen) atoms. The lowest BCUT2D eigenvalue weighted by Crippen LogP contribution is -2.00. The van der Waals surface area contributed by atoms with Crippen LogP contribution < -0.4 is 0 Å². The molecule has 0 aliphatic rings. The molecule has 0 amide bonds. The van der Waals surface area contributed by atoms with Crippen LogP contribution in [0.25, 0.3) is 10.6 Å². The minimum atomic E-state index is -0.420. The monoisotopic (exact) mass is 355 g/mol.